The second-order valence-electron chi connectivity index (χ2n) is 4.51. The highest BCUT2D eigenvalue weighted by molar-refractivity contribution is 6.17. The Bertz CT molecular complexity index is 674. The van der Waals surface area contributed by atoms with Gasteiger partial charge in [-0.3, -0.25) is 0 Å². The van der Waals surface area contributed by atoms with Crippen LogP contribution in [0.15, 0.2) is 54.6 Å². The van der Waals surface area contributed by atoms with E-state index in [1.165, 1.54) is 0 Å². The summed E-state index contributed by atoms with van der Waals surface area (Å²) in [6.07, 6.45) is -0.483. The van der Waals surface area contributed by atoms with Gasteiger partial charge < -0.3 is 10.1 Å². The molecular formula is C18H16ClNO2. The van der Waals surface area contributed by atoms with Crippen LogP contribution in [0.3, 0.4) is 0 Å². The van der Waals surface area contributed by atoms with Gasteiger partial charge in [-0.2, -0.15) is 0 Å². The van der Waals surface area contributed by atoms with Gasteiger partial charge in [0, 0.05) is 11.4 Å². The van der Waals surface area contributed by atoms with E-state index in [1.54, 1.807) is 0 Å². The lowest BCUT2D eigenvalue weighted by Gasteiger charge is -2.04. The topological polar surface area (TPSA) is 38.3 Å². The number of carbonyl (C=O) groups is 1. The van der Waals surface area contributed by atoms with Crippen LogP contribution in [-0.2, 0) is 17.2 Å². The zero-order valence-corrected chi connectivity index (χ0v) is 12.8. The number of halogens is 1. The maximum absolute atomic E-state index is 11.5. The number of hydrogen-bond acceptors (Lipinski definition) is 2. The predicted molar refractivity (Wildman–Crippen MR) is 87.5 cm³/mol. The molecular weight excluding hydrogens is 298 g/mol. The Morgan fingerprint density at radius 3 is 2.59 bits per heavy atom. The van der Waals surface area contributed by atoms with Crippen LogP contribution in [0, 0.1) is 11.8 Å². The molecule has 0 saturated heterocycles. The number of nitrogens with one attached hydrogen (secondary N) is 1. The van der Waals surface area contributed by atoms with Gasteiger partial charge in [0.1, 0.15) is 6.61 Å². The third-order valence-electron chi connectivity index (χ3n) is 2.92. The van der Waals surface area contributed by atoms with Crippen LogP contribution in [0.1, 0.15) is 16.7 Å². The molecule has 0 unspecified atom stereocenters. The monoisotopic (exact) mass is 313 g/mol. The molecule has 0 atom stereocenters. The summed E-state index contributed by atoms with van der Waals surface area (Å²) in [5.41, 5.74) is 2.79. The van der Waals surface area contributed by atoms with Crippen LogP contribution in [0.5, 0.6) is 0 Å². The van der Waals surface area contributed by atoms with Gasteiger partial charge in [-0.1, -0.05) is 60.4 Å². The fourth-order valence-electron chi connectivity index (χ4n) is 1.79. The number of carbonyl (C=O) groups excluding carboxylic acids is 1. The number of amides is 1. The molecule has 4 heteroatoms. The maximum Gasteiger partial charge on any atom is 0.408 e. The molecule has 0 aliphatic carbocycles. The van der Waals surface area contributed by atoms with Crippen molar-refractivity contribution in [3.8, 4) is 11.8 Å². The predicted octanol–water partition coefficient (Wildman–Crippen LogP) is 3.70. The number of ether oxygens (including phenoxy) is 1. The van der Waals surface area contributed by atoms with Gasteiger partial charge in [-0.25, -0.2) is 4.79 Å². The number of alkyl carbamates (subject to hydrolysis) is 1. The van der Waals surface area contributed by atoms with Gasteiger partial charge in [-0.05, 0) is 17.2 Å². The zero-order valence-electron chi connectivity index (χ0n) is 12.0. The first kappa shape index (κ1) is 15.9. The van der Waals surface area contributed by atoms with Gasteiger partial charge in [0.2, 0.25) is 0 Å². The van der Waals surface area contributed by atoms with Crippen molar-refractivity contribution in [2.24, 2.45) is 0 Å². The normalized spacial score (nSPS) is 9.50. The molecule has 0 aliphatic rings. The van der Waals surface area contributed by atoms with E-state index < -0.39 is 6.09 Å². The molecule has 0 aliphatic heterocycles. The van der Waals surface area contributed by atoms with E-state index in [9.17, 15) is 4.79 Å². The number of benzene rings is 2. The first-order valence-electron chi connectivity index (χ1n) is 6.87. The maximum atomic E-state index is 11.5. The van der Waals surface area contributed by atoms with Crippen LogP contribution in [0.25, 0.3) is 0 Å². The smallest absolute Gasteiger partial charge is 0.408 e. The first-order valence-corrected chi connectivity index (χ1v) is 7.40. The van der Waals surface area contributed by atoms with E-state index >= 15 is 0 Å². The molecule has 0 saturated carbocycles. The molecule has 22 heavy (non-hydrogen) atoms. The summed E-state index contributed by atoms with van der Waals surface area (Å²) in [5.74, 6) is 6.29. The van der Waals surface area contributed by atoms with Crippen LogP contribution in [0.4, 0.5) is 4.79 Å². The number of rotatable bonds is 4. The third kappa shape index (κ3) is 5.16. The summed E-state index contributed by atoms with van der Waals surface area (Å²) in [7, 11) is 0. The van der Waals surface area contributed by atoms with Gasteiger partial charge in [0.15, 0.2) is 0 Å². The number of hydrogen-bond donors (Lipinski definition) is 1. The van der Waals surface area contributed by atoms with Crippen molar-refractivity contribution in [3.63, 3.8) is 0 Å². The van der Waals surface area contributed by atoms with Crippen molar-refractivity contribution in [1.82, 2.24) is 5.32 Å². The lowest BCUT2D eigenvalue weighted by Crippen LogP contribution is -2.24. The highest BCUT2D eigenvalue weighted by atomic mass is 35.5. The standard InChI is InChI=1S/C18H16ClNO2/c19-13-17-10-5-4-9-16(17)11-6-12-20-18(21)22-14-15-7-2-1-3-8-15/h1-5,7-10H,12-14H2,(H,20,21). The molecule has 1 amide bonds. The molecule has 2 aromatic carbocycles. The molecule has 2 rings (SSSR count). The van der Waals surface area contributed by atoms with Crippen molar-refractivity contribution >= 4 is 17.7 Å². The largest absolute Gasteiger partial charge is 0.445 e. The average Bonchev–Trinajstić information content (AvgIpc) is 2.58. The molecule has 0 aromatic heterocycles. The van der Waals surface area contributed by atoms with Crippen molar-refractivity contribution < 1.29 is 9.53 Å². The lowest BCUT2D eigenvalue weighted by atomic mass is 10.1. The Kier molecular flexibility index (Phi) is 6.35. The summed E-state index contributed by atoms with van der Waals surface area (Å²) in [4.78, 5) is 11.5. The summed E-state index contributed by atoms with van der Waals surface area (Å²) in [6.45, 7) is 0.472. The Morgan fingerprint density at radius 1 is 1.09 bits per heavy atom. The van der Waals surface area contributed by atoms with E-state index in [-0.39, 0.29) is 13.2 Å². The lowest BCUT2D eigenvalue weighted by molar-refractivity contribution is 0.141. The summed E-state index contributed by atoms with van der Waals surface area (Å²) in [6, 6.07) is 17.2. The van der Waals surface area contributed by atoms with Crippen LogP contribution in [-0.4, -0.2) is 12.6 Å². The van der Waals surface area contributed by atoms with Crippen molar-refractivity contribution in [2.75, 3.05) is 6.54 Å². The zero-order chi connectivity index (χ0) is 15.6. The van der Waals surface area contributed by atoms with E-state index in [2.05, 4.69) is 17.2 Å². The van der Waals surface area contributed by atoms with E-state index in [4.69, 9.17) is 16.3 Å². The molecule has 112 valence electrons. The fraction of sp³-hybridized carbons (Fsp3) is 0.167. The minimum atomic E-state index is -0.483. The SMILES string of the molecule is O=C(NCC#Cc1ccccc1CCl)OCc1ccccc1. The van der Waals surface area contributed by atoms with Gasteiger partial charge in [0.05, 0.1) is 6.54 Å². The van der Waals surface area contributed by atoms with Crippen LogP contribution in [0.2, 0.25) is 0 Å². The summed E-state index contributed by atoms with van der Waals surface area (Å²) in [5, 5.41) is 2.59. The van der Waals surface area contributed by atoms with Crippen molar-refractivity contribution in [2.45, 2.75) is 12.5 Å². The highest BCUT2D eigenvalue weighted by Gasteiger charge is 2.00. The molecule has 1 N–H and O–H groups in total. The quantitative estimate of drug-likeness (QED) is 0.690. The van der Waals surface area contributed by atoms with E-state index in [0.717, 1.165) is 16.7 Å². The Balaban J connectivity index is 1.77. The Labute approximate surface area is 135 Å². The second kappa shape index (κ2) is 8.76. The molecule has 0 radical (unpaired) electrons. The average molecular weight is 314 g/mol. The minimum Gasteiger partial charge on any atom is -0.445 e. The Hall–Kier alpha value is -2.44. The van der Waals surface area contributed by atoms with Crippen molar-refractivity contribution in [1.29, 1.82) is 0 Å². The van der Waals surface area contributed by atoms with Gasteiger partial charge in [-0.15, -0.1) is 11.6 Å². The number of alkyl halides is 1. The summed E-state index contributed by atoms with van der Waals surface area (Å²) < 4.78 is 5.09. The third-order valence-corrected chi connectivity index (χ3v) is 3.21. The van der Waals surface area contributed by atoms with Crippen molar-refractivity contribution in [3.05, 3.63) is 71.3 Å². The Morgan fingerprint density at radius 2 is 1.82 bits per heavy atom. The van der Waals surface area contributed by atoms with Crippen LogP contribution < -0.4 is 5.32 Å². The molecule has 2 aromatic rings. The van der Waals surface area contributed by atoms with Crippen LogP contribution >= 0.6 is 11.6 Å². The van der Waals surface area contributed by atoms with E-state index in [1.807, 2.05) is 54.6 Å². The summed E-state index contributed by atoms with van der Waals surface area (Å²) >= 11 is 5.84. The molecule has 0 heterocycles. The molecule has 0 fully saturated rings. The fourth-order valence-corrected chi connectivity index (χ4v) is 2.02. The molecule has 0 spiro atoms. The van der Waals surface area contributed by atoms with Gasteiger partial charge >= 0.3 is 6.09 Å². The van der Waals surface area contributed by atoms with E-state index in [0.29, 0.717) is 5.88 Å². The first-order chi connectivity index (χ1) is 10.8. The van der Waals surface area contributed by atoms with Gasteiger partial charge in [0.25, 0.3) is 0 Å². The highest BCUT2D eigenvalue weighted by Crippen LogP contribution is 2.09. The second-order valence-corrected chi connectivity index (χ2v) is 4.78. The molecule has 0 bridgehead atoms. The molecule has 3 nitrogen and oxygen atoms in total. The minimum absolute atomic E-state index is 0.226.